The van der Waals surface area contributed by atoms with Crippen molar-refractivity contribution in [3.8, 4) is 11.5 Å². The van der Waals surface area contributed by atoms with Crippen LogP contribution in [0.1, 0.15) is 36.7 Å². The third-order valence-electron chi connectivity index (χ3n) is 4.50. The van der Waals surface area contributed by atoms with Gasteiger partial charge in [0.1, 0.15) is 18.1 Å². The molecule has 162 valence electrons. The molecule has 0 heterocycles. The summed E-state index contributed by atoms with van der Waals surface area (Å²) in [7, 11) is 1.57. The standard InChI is InChI=1S/C24H26N2O5/c1-24(2,3)26-23(29)31-14-15-5-8-17(9-6-15)25-22(28)20-11-7-16-13-18(30-4)10-12-19(16)21(20)27/h5-13,27H,14H2,1-4H3,(H,25,28)(H,26,29). The number of alkyl carbamates (subject to hydrolysis) is 1. The number of anilines is 1. The van der Waals surface area contributed by atoms with Crippen LogP contribution in [0, 0.1) is 0 Å². The molecular weight excluding hydrogens is 396 g/mol. The molecule has 0 bridgehead atoms. The monoisotopic (exact) mass is 422 g/mol. The molecule has 0 saturated heterocycles. The van der Waals surface area contributed by atoms with Gasteiger partial charge in [0.25, 0.3) is 5.91 Å². The predicted octanol–water partition coefficient (Wildman–Crippen LogP) is 4.83. The highest BCUT2D eigenvalue weighted by molar-refractivity contribution is 6.10. The van der Waals surface area contributed by atoms with Gasteiger partial charge in [0.15, 0.2) is 0 Å². The molecule has 7 heteroatoms. The minimum absolute atomic E-state index is 0.0902. The number of phenolic OH excluding ortho intramolecular Hbond substituents is 1. The van der Waals surface area contributed by atoms with Gasteiger partial charge in [-0.2, -0.15) is 0 Å². The van der Waals surface area contributed by atoms with E-state index in [1.807, 2.05) is 20.8 Å². The molecule has 31 heavy (non-hydrogen) atoms. The normalized spacial score (nSPS) is 11.1. The summed E-state index contributed by atoms with van der Waals surface area (Å²) >= 11 is 0. The summed E-state index contributed by atoms with van der Waals surface area (Å²) in [4.78, 5) is 24.4. The molecule has 0 aliphatic carbocycles. The van der Waals surface area contributed by atoms with Crippen LogP contribution < -0.4 is 15.4 Å². The van der Waals surface area contributed by atoms with Crippen LogP contribution in [-0.4, -0.2) is 29.8 Å². The third kappa shape index (κ3) is 5.66. The van der Waals surface area contributed by atoms with Gasteiger partial charge >= 0.3 is 6.09 Å². The molecule has 0 fully saturated rings. The summed E-state index contributed by atoms with van der Waals surface area (Å²) < 4.78 is 10.4. The topological polar surface area (TPSA) is 96.9 Å². The van der Waals surface area contributed by atoms with E-state index >= 15 is 0 Å². The van der Waals surface area contributed by atoms with Crippen LogP contribution in [0.15, 0.2) is 54.6 Å². The first kappa shape index (κ1) is 22.0. The van der Waals surface area contributed by atoms with Gasteiger partial charge in [-0.15, -0.1) is 0 Å². The lowest BCUT2D eigenvalue weighted by Gasteiger charge is -2.19. The van der Waals surface area contributed by atoms with E-state index in [2.05, 4.69) is 10.6 Å². The number of methoxy groups -OCH3 is 1. The lowest BCUT2D eigenvalue weighted by atomic mass is 10.0. The van der Waals surface area contributed by atoms with E-state index in [1.54, 1.807) is 61.7 Å². The van der Waals surface area contributed by atoms with Gasteiger partial charge in [0.05, 0.1) is 12.7 Å². The number of carbonyl (C=O) groups excluding carboxylic acids is 2. The van der Waals surface area contributed by atoms with E-state index in [0.29, 0.717) is 16.8 Å². The van der Waals surface area contributed by atoms with E-state index in [1.165, 1.54) is 0 Å². The number of hydrogen-bond donors (Lipinski definition) is 3. The highest BCUT2D eigenvalue weighted by Crippen LogP contribution is 2.31. The zero-order valence-electron chi connectivity index (χ0n) is 18.0. The smallest absolute Gasteiger partial charge is 0.407 e. The molecule has 0 spiro atoms. The Morgan fingerprint density at radius 2 is 1.71 bits per heavy atom. The van der Waals surface area contributed by atoms with Crippen molar-refractivity contribution in [1.29, 1.82) is 0 Å². The van der Waals surface area contributed by atoms with E-state index in [-0.39, 0.29) is 23.5 Å². The molecule has 3 rings (SSSR count). The van der Waals surface area contributed by atoms with E-state index in [9.17, 15) is 14.7 Å². The van der Waals surface area contributed by atoms with Gasteiger partial charge in [-0.3, -0.25) is 4.79 Å². The van der Waals surface area contributed by atoms with E-state index in [4.69, 9.17) is 9.47 Å². The van der Waals surface area contributed by atoms with Crippen LogP contribution in [0.5, 0.6) is 11.5 Å². The van der Waals surface area contributed by atoms with Gasteiger partial charge in [-0.25, -0.2) is 4.79 Å². The summed E-state index contributed by atoms with van der Waals surface area (Å²) in [6.07, 6.45) is -0.491. The fourth-order valence-electron chi connectivity index (χ4n) is 2.98. The number of amides is 2. The van der Waals surface area contributed by atoms with E-state index in [0.717, 1.165) is 10.9 Å². The summed E-state index contributed by atoms with van der Waals surface area (Å²) in [6.45, 7) is 5.73. The Morgan fingerprint density at radius 1 is 1.00 bits per heavy atom. The second kappa shape index (κ2) is 8.95. The fraction of sp³-hybridized carbons (Fsp3) is 0.250. The Kier molecular flexibility index (Phi) is 6.34. The maximum absolute atomic E-state index is 12.7. The number of hydrogen-bond acceptors (Lipinski definition) is 5. The summed E-state index contributed by atoms with van der Waals surface area (Å²) in [5, 5.41) is 17.4. The van der Waals surface area contributed by atoms with E-state index < -0.39 is 12.0 Å². The summed E-state index contributed by atoms with van der Waals surface area (Å²) in [5.41, 5.74) is 1.14. The summed E-state index contributed by atoms with van der Waals surface area (Å²) in [5.74, 6) is 0.153. The molecule has 3 aromatic rings. The Labute approximate surface area is 181 Å². The van der Waals surface area contributed by atoms with Gasteiger partial charge in [0, 0.05) is 16.6 Å². The van der Waals surface area contributed by atoms with Crippen molar-refractivity contribution in [3.63, 3.8) is 0 Å². The lowest BCUT2D eigenvalue weighted by molar-refractivity contribution is 0.102. The minimum atomic E-state index is -0.491. The zero-order valence-corrected chi connectivity index (χ0v) is 18.0. The van der Waals surface area contributed by atoms with Crippen molar-refractivity contribution in [2.45, 2.75) is 32.9 Å². The lowest BCUT2D eigenvalue weighted by Crippen LogP contribution is -2.40. The molecule has 0 radical (unpaired) electrons. The van der Waals surface area contributed by atoms with Crippen molar-refractivity contribution in [2.75, 3.05) is 12.4 Å². The van der Waals surface area contributed by atoms with Crippen LogP contribution >= 0.6 is 0 Å². The molecule has 3 N–H and O–H groups in total. The van der Waals surface area contributed by atoms with Crippen LogP contribution in [0.4, 0.5) is 10.5 Å². The molecule has 0 atom stereocenters. The number of rotatable bonds is 5. The first-order valence-electron chi connectivity index (χ1n) is 9.81. The Morgan fingerprint density at radius 3 is 2.35 bits per heavy atom. The van der Waals surface area contributed by atoms with Crippen LogP contribution in [0.3, 0.4) is 0 Å². The SMILES string of the molecule is COc1ccc2c(O)c(C(=O)Nc3ccc(COC(=O)NC(C)(C)C)cc3)ccc2c1. The Balaban J connectivity index is 1.65. The Hall–Kier alpha value is -3.74. The molecule has 3 aromatic carbocycles. The maximum Gasteiger partial charge on any atom is 0.407 e. The molecule has 0 aliphatic rings. The molecular formula is C24H26N2O5. The zero-order chi connectivity index (χ0) is 22.6. The number of nitrogens with one attached hydrogen (secondary N) is 2. The van der Waals surface area contributed by atoms with Gasteiger partial charge in [0.2, 0.25) is 0 Å². The van der Waals surface area contributed by atoms with Crippen LogP contribution in [0.2, 0.25) is 0 Å². The highest BCUT2D eigenvalue weighted by atomic mass is 16.5. The van der Waals surface area contributed by atoms with Crippen molar-refractivity contribution < 1.29 is 24.2 Å². The Bertz CT molecular complexity index is 1100. The average Bonchev–Trinajstić information content (AvgIpc) is 2.72. The molecule has 0 saturated carbocycles. The number of carbonyl (C=O) groups is 2. The number of aromatic hydroxyl groups is 1. The number of fused-ring (bicyclic) bond motifs is 1. The van der Waals surface area contributed by atoms with Crippen molar-refractivity contribution in [1.82, 2.24) is 5.32 Å². The fourth-order valence-corrected chi connectivity index (χ4v) is 2.98. The summed E-state index contributed by atoms with van der Waals surface area (Å²) in [6, 6.07) is 15.5. The van der Waals surface area contributed by atoms with Crippen molar-refractivity contribution >= 4 is 28.5 Å². The molecule has 0 aliphatic heterocycles. The second-order valence-corrected chi connectivity index (χ2v) is 8.15. The first-order valence-corrected chi connectivity index (χ1v) is 9.81. The molecule has 0 aromatic heterocycles. The highest BCUT2D eigenvalue weighted by Gasteiger charge is 2.16. The third-order valence-corrected chi connectivity index (χ3v) is 4.50. The minimum Gasteiger partial charge on any atom is -0.506 e. The van der Waals surface area contributed by atoms with Crippen molar-refractivity contribution in [3.05, 3.63) is 65.7 Å². The molecule has 2 amide bonds. The second-order valence-electron chi connectivity index (χ2n) is 8.15. The molecule has 0 unspecified atom stereocenters. The average molecular weight is 422 g/mol. The quantitative estimate of drug-likeness (QED) is 0.547. The van der Waals surface area contributed by atoms with Crippen LogP contribution in [0.25, 0.3) is 10.8 Å². The van der Waals surface area contributed by atoms with Gasteiger partial charge in [-0.05, 0) is 68.1 Å². The number of ether oxygens (including phenoxy) is 2. The number of phenols is 1. The predicted molar refractivity (Wildman–Crippen MR) is 120 cm³/mol. The number of benzene rings is 3. The first-order chi connectivity index (χ1) is 14.7. The van der Waals surface area contributed by atoms with Gasteiger partial charge < -0.3 is 25.2 Å². The van der Waals surface area contributed by atoms with Gasteiger partial charge in [-0.1, -0.05) is 18.2 Å². The van der Waals surface area contributed by atoms with Crippen LogP contribution in [-0.2, 0) is 11.3 Å². The van der Waals surface area contributed by atoms with Crippen molar-refractivity contribution in [2.24, 2.45) is 0 Å². The molecule has 7 nitrogen and oxygen atoms in total. The largest absolute Gasteiger partial charge is 0.506 e. The maximum atomic E-state index is 12.7.